The number of non-ortho nitro benzene ring substituents is 1. The van der Waals surface area contributed by atoms with Crippen molar-refractivity contribution in [2.24, 2.45) is 0 Å². The zero-order chi connectivity index (χ0) is 19.8. The van der Waals surface area contributed by atoms with Gasteiger partial charge in [-0.1, -0.05) is 60.7 Å². The van der Waals surface area contributed by atoms with Gasteiger partial charge in [0.2, 0.25) is 12.3 Å². The van der Waals surface area contributed by atoms with Crippen molar-refractivity contribution in [2.45, 2.75) is 0 Å². The first kappa shape index (κ1) is 18.7. The molecule has 0 unspecified atom stereocenters. The number of carbonyl (C=O) groups excluding carboxylic acids is 1. The van der Waals surface area contributed by atoms with Gasteiger partial charge in [0.1, 0.15) is 0 Å². The molecule has 0 saturated carbocycles. The number of hydrogen-bond donors (Lipinski definition) is 0. The number of benzene rings is 3. The van der Waals surface area contributed by atoms with Crippen molar-refractivity contribution in [2.75, 3.05) is 0 Å². The van der Waals surface area contributed by atoms with Gasteiger partial charge in [-0.3, -0.25) is 14.9 Å². The minimum Gasteiger partial charge on any atom is -0.423 e. The Balaban J connectivity index is 0.000000176. The van der Waals surface area contributed by atoms with Crippen molar-refractivity contribution in [1.29, 1.82) is 0 Å². The number of nitrogens with zero attached hydrogens (tertiary/aromatic N) is 3. The average Bonchev–Trinajstić information content (AvgIpc) is 3.30. The van der Waals surface area contributed by atoms with Crippen molar-refractivity contribution in [3.63, 3.8) is 0 Å². The van der Waals surface area contributed by atoms with Crippen LogP contribution < -0.4 is 0 Å². The summed E-state index contributed by atoms with van der Waals surface area (Å²) in [6, 6.07) is 24.1. The fraction of sp³-hybridized carbons (Fsp3) is 0. The van der Waals surface area contributed by atoms with Crippen LogP contribution in [0.2, 0.25) is 0 Å². The molecule has 138 valence electrons. The highest BCUT2D eigenvalue weighted by Crippen LogP contribution is 2.16. The van der Waals surface area contributed by atoms with E-state index in [1.165, 1.54) is 24.6 Å². The van der Waals surface area contributed by atoms with Crippen LogP contribution in [0.4, 0.5) is 5.69 Å². The fourth-order valence-electron chi connectivity index (χ4n) is 2.40. The van der Waals surface area contributed by atoms with Crippen LogP contribution in [0.3, 0.4) is 0 Å². The maximum atomic E-state index is 12.0. The molecule has 4 rings (SSSR count). The van der Waals surface area contributed by atoms with E-state index in [2.05, 4.69) is 10.2 Å². The third kappa shape index (κ3) is 4.73. The Morgan fingerprint density at radius 3 is 2.11 bits per heavy atom. The Labute approximate surface area is 160 Å². The van der Waals surface area contributed by atoms with Crippen LogP contribution in [0.15, 0.2) is 95.7 Å². The van der Waals surface area contributed by atoms with E-state index in [9.17, 15) is 14.9 Å². The molecule has 0 atom stereocenters. The first-order chi connectivity index (χ1) is 13.6. The van der Waals surface area contributed by atoms with Crippen LogP contribution >= 0.6 is 0 Å². The van der Waals surface area contributed by atoms with E-state index < -0.39 is 4.92 Å². The molecule has 1 aromatic heterocycles. The van der Waals surface area contributed by atoms with Crippen LogP contribution in [-0.4, -0.2) is 20.9 Å². The van der Waals surface area contributed by atoms with E-state index in [1.54, 1.807) is 30.3 Å². The van der Waals surface area contributed by atoms with Gasteiger partial charge in [0.05, 0.1) is 4.92 Å². The molecule has 7 heteroatoms. The van der Waals surface area contributed by atoms with Crippen LogP contribution in [0.5, 0.6) is 0 Å². The van der Waals surface area contributed by atoms with Gasteiger partial charge in [-0.15, -0.1) is 10.2 Å². The number of carbonyl (C=O) groups is 1. The van der Waals surface area contributed by atoms with Gasteiger partial charge in [0, 0.05) is 28.8 Å². The summed E-state index contributed by atoms with van der Waals surface area (Å²) in [5.41, 5.74) is 1.72. The normalized spacial score (nSPS) is 9.86. The predicted molar refractivity (Wildman–Crippen MR) is 103 cm³/mol. The maximum Gasteiger partial charge on any atom is 0.270 e. The molecule has 3 aromatic carbocycles. The Morgan fingerprint density at radius 1 is 0.857 bits per heavy atom. The molecule has 0 aliphatic rings. The van der Waals surface area contributed by atoms with Crippen molar-refractivity contribution in [1.82, 2.24) is 10.2 Å². The lowest BCUT2D eigenvalue weighted by molar-refractivity contribution is -0.384. The molecule has 0 N–H and O–H groups in total. The minimum absolute atomic E-state index is 0.0771. The van der Waals surface area contributed by atoms with Crippen molar-refractivity contribution >= 4 is 11.5 Å². The number of nitro benzene ring substituents is 1. The molecular formula is C21H15N3O4. The molecule has 0 radical (unpaired) electrons. The summed E-state index contributed by atoms with van der Waals surface area (Å²) < 4.78 is 5.00. The minimum atomic E-state index is -0.512. The zero-order valence-corrected chi connectivity index (χ0v) is 14.6. The van der Waals surface area contributed by atoms with Crippen molar-refractivity contribution < 1.29 is 14.1 Å². The van der Waals surface area contributed by atoms with E-state index in [4.69, 9.17) is 4.42 Å². The van der Waals surface area contributed by atoms with Crippen LogP contribution in [0.1, 0.15) is 15.9 Å². The third-order valence-electron chi connectivity index (χ3n) is 3.74. The first-order valence-corrected chi connectivity index (χ1v) is 8.31. The number of rotatable bonds is 4. The highest BCUT2D eigenvalue weighted by molar-refractivity contribution is 6.09. The van der Waals surface area contributed by atoms with Gasteiger partial charge < -0.3 is 4.42 Å². The molecule has 0 fully saturated rings. The Hall–Kier alpha value is -4.13. The highest BCUT2D eigenvalue weighted by atomic mass is 16.6. The molecule has 28 heavy (non-hydrogen) atoms. The average molecular weight is 373 g/mol. The van der Waals surface area contributed by atoms with E-state index in [0.29, 0.717) is 17.0 Å². The molecule has 0 saturated heterocycles. The SMILES string of the molecule is O=C(c1ccccc1)c1cccc([N+](=O)[O-])c1.c1ccc(-c2nnco2)cc1. The Bertz CT molecular complexity index is 1050. The van der Waals surface area contributed by atoms with Gasteiger partial charge in [-0.25, -0.2) is 0 Å². The monoisotopic (exact) mass is 373 g/mol. The third-order valence-corrected chi connectivity index (χ3v) is 3.74. The van der Waals surface area contributed by atoms with Crippen LogP contribution in [-0.2, 0) is 0 Å². The summed E-state index contributed by atoms with van der Waals surface area (Å²) in [7, 11) is 0. The van der Waals surface area contributed by atoms with E-state index in [1.807, 2.05) is 36.4 Å². The Kier molecular flexibility index (Phi) is 5.99. The van der Waals surface area contributed by atoms with Gasteiger partial charge in [-0.05, 0) is 12.1 Å². The smallest absolute Gasteiger partial charge is 0.270 e. The van der Waals surface area contributed by atoms with Crippen molar-refractivity contribution in [3.8, 4) is 11.5 Å². The second-order valence-electron chi connectivity index (χ2n) is 5.61. The summed E-state index contributed by atoms with van der Waals surface area (Å²) in [6.07, 6.45) is 1.32. The number of hydrogen-bond acceptors (Lipinski definition) is 6. The quantitative estimate of drug-likeness (QED) is 0.295. The van der Waals surface area contributed by atoms with Crippen LogP contribution in [0, 0.1) is 10.1 Å². The second-order valence-corrected chi connectivity index (χ2v) is 5.61. The highest BCUT2D eigenvalue weighted by Gasteiger charge is 2.12. The lowest BCUT2D eigenvalue weighted by atomic mass is 10.0. The molecule has 0 amide bonds. The van der Waals surface area contributed by atoms with E-state index in [-0.39, 0.29) is 11.5 Å². The van der Waals surface area contributed by atoms with Gasteiger partial charge in [0.15, 0.2) is 5.78 Å². The molecule has 0 spiro atoms. The van der Waals surface area contributed by atoms with E-state index >= 15 is 0 Å². The van der Waals surface area contributed by atoms with Gasteiger partial charge in [0.25, 0.3) is 5.69 Å². The summed E-state index contributed by atoms with van der Waals surface area (Å²) in [4.78, 5) is 22.1. The number of ketones is 1. The second kappa shape index (κ2) is 9.00. The predicted octanol–water partition coefficient (Wildman–Crippen LogP) is 4.56. The zero-order valence-electron chi connectivity index (χ0n) is 14.6. The molecule has 0 bridgehead atoms. The topological polar surface area (TPSA) is 99.1 Å². The van der Waals surface area contributed by atoms with Crippen molar-refractivity contribution in [3.05, 3.63) is 113 Å². The lowest BCUT2D eigenvalue weighted by Gasteiger charge is -2.00. The summed E-state index contributed by atoms with van der Waals surface area (Å²) in [6.45, 7) is 0. The number of aromatic nitrogens is 2. The van der Waals surface area contributed by atoms with Crippen LogP contribution in [0.25, 0.3) is 11.5 Å². The standard InChI is InChI=1S/C13H9NO3.C8H6N2O/c15-13(10-5-2-1-3-6-10)11-7-4-8-12(9-11)14(16)17;1-2-4-7(5-3-1)8-10-9-6-11-8/h1-9H;1-6H. The summed E-state index contributed by atoms with van der Waals surface area (Å²) in [5.74, 6) is 0.347. The lowest BCUT2D eigenvalue weighted by Crippen LogP contribution is -2.01. The molecule has 0 aliphatic carbocycles. The molecule has 0 aliphatic heterocycles. The first-order valence-electron chi connectivity index (χ1n) is 8.31. The largest absolute Gasteiger partial charge is 0.423 e. The molecule has 1 heterocycles. The van der Waals surface area contributed by atoms with Gasteiger partial charge in [-0.2, -0.15) is 0 Å². The van der Waals surface area contributed by atoms with Gasteiger partial charge >= 0.3 is 0 Å². The summed E-state index contributed by atoms with van der Waals surface area (Å²) in [5, 5.41) is 18.0. The van der Waals surface area contributed by atoms with E-state index in [0.717, 1.165) is 5.56 Å². The fourth-order valence-corrected chi connectivity index (χ4v) is 2.40. The molecule has 7 nitrogen and oxygen atoms in total. The molecular weight excluding hydrogens is 358 g/mol. The Morgan fingerprint density at radius 2 is 1.50 bits per heavy atom. The number of nitro groups is 1. The summed E-state index contributed by atoms with van der Waals surface area (Å²) >= 11 is 0. The molecule has 4 aromatic rings. The maximum absolute atomic E-state index is 12.0.